The summed E-state index contributed by atoms with van der Waals surface area (Å²) in [7, 11) is 1.71. The Bertz CT molecular complexity index is 617. The predicted octanol–water partition coefficient (Wildman–Crippen LogP) is 3.68. The number of aromatic nitrogens is 1. The number of anilines is 2. The van der Waals surface area contributed by atoms with Gasteiger partial charge in [0.15, 0.2) is 0 Å². The molecule has 0 aliphatic heterocycles. The Morgan fingerprint density at radius 2 is 2.00 bits per heavy atom. The molecule has 6 heteroatoms. The van der Waals surface area contributed by atoms with Gasteiger partial charge in [0.2, 0.25) is 0 Å². The van der Waals surface area contributed by atoms with Crippen molar-refractivity contribution in [3.8, 4) is 0 Å². The van der Waals surface area contributed by atoms with Crippen molar-refractivity contribution in [1.82, 2.24) is 4.98 Å². The molecule has 2 aromatic rings. The van der Waals surface area contributed by atoms with Crippen LogP contribution in [-0.4, -0.2) is 17.9 Å². The van der Waals surface area contributed by atoms with Gasteiger partial charge in [-0.1, -0.05) is 29.3 Å². The number of rotatable bonds is 3. The molecule has 0 atom stereocenters. The second-order valence-electron chi connectivity index (χ2n) is 3.78. The molecule has 0 radical (unpaired) electrons. The van der Waals surface area contributed by atoms with Gasteiger partial charge in [0, 0.05) is 23.3 Å². The van der Waals surface area contributed by atoms with Crippen molar-refractivity contribution in [3.05, 3.63) is 52.1 Å². The number of amides is 1. The Labute approximate surface area is 120 Å². The van der Waals surface area contributed by atoms with Gasteiger partial charge in [-0.3, -0.25) is 4.79 Å². The van der Waals surface area contributed by atoms with E-state index in [9.17, 15) is 4.79 Å². The molecule has 0 aliphatic carbocycles. The van der Waals surface area contributed by atoms with E-state index in [4.69, 9.17) is 23.2 Å². The first-order valence-electron chi connectivity index (χ1n) is 5.51. The summed E-state index contributed by atoms with van der Waals surface area (Å²) in [5, 5.41) is 6.39. The highest BCUT2D eigenvalue weighted by Gasteiger charge is 2.09. The number of nitrogens with zero attached hydrogens (tertiary/aromatic N) is 1. The van der Waals surface area contributed by atoms with Crippen LogP contribution in [0.5, 0.6) is 0 Å². The number of nitrogens with one attached hydrogen (secondary N) is 2. The maximum atomic E-state index is 12.1. The summed E-state index contributed by atoms with van der Waals surface area (Å²) in [6, 6.07) is 10.0. The Morgan fingerprint density at radius 3 is 2.68 bits per heavy atom. The molecule has 1 aromatic heterocycles. The van der Waals surface area contributed by atoms with Gasteiger partial charge in [-0.25, -0.2) is 4.98 Å². The van der Waals surface area contributed by atoms with Crippen LogP contribution < -0.4 is 10.6 Å². The largest absolute Gasteiger partial charge is 0.373 e. The molecule has 0 saturated heterocycles. The molecule has 19 heavy (non-hydrogen) atoms. The first kappa shape index (κ1) is 13.6. The third kappa shape index (κ3) is 3.59. The quantitative estimate of drug-likeness (QED) is 0.849. The second-order valence-corrected chi connectivity index (χ2v) is 4.60. The van der Waals surface area contributed by atoms with Gasteiger partial charge < -0.3 is 10.6 Å². The number of benzene rings is 1. The van der Waals surface area contributed by atoms with Gasteiger partial charge in [0.05, 0.1) is 0 Å². The summed E-state index contributed by atoms with van der Waals surface area (Å²) in [5.41, 5.74) is 1.04. The molecule has 1 aromatic carbocycles. The van der Waals surface area contributed by atoms with Crippen LogP contribution in [0, 0.1) is 0 Å². The van der Waals surface area contributed by atoms with Crippen molar-refractivity contribution in [2.45, 2.75) is 0 Å². The van der Waals surface area contributed by atoms with E-state index in [0.717, 1.165) is 0 Å². The molecule has 1 amide bonds. The lowest BCUT2D eigenvalue weighted by Gasteiger charge is -2.07. The van der Waals surface area contributed by atoms with Crippen LogP contribution in [0.1, 0.15) is 10.4 Å². The minimum atomic E-state index is -0.275. The van der Waals surface area contributed by atoms with Gasteiger partial charge in [-0.15, -0.1) is 0 Å². The monoisotopic (exact) mass is 295 g/mol. The Hall–Kier alpha value is -1.78. The fraction of sp³-hybridized carbons (Fsp3) is 0.0769. The first-order valence-corrected chi connectivity index (χ1v) is 6.26. The lowest BCUT2D eigenvalue weighted by molar-refractivity contribution is 0.102. The number of carbonyl (C=O) groups excluding carboxylic acids is 1. The fourth-order valence-corrected chi connectivity index (χ4v) is 1.92. The summed E-state index contributed by atoms with van der Waals surface area (Å²) in [4.78, 5) is 16.1. The molecular formula is C13H11Cl2N3O. The Morgan fingerprint density at radius 1 is 1.21 bits per heavy atom. The standard InChI is InChI=1S/C13H11Cl2N3O/c1-16-12-6-8(5-11(15)18-12)13(19)17-10-4-2-3-9(14)7-10/h2-7H,1H3,(H,16,18)(H,17,19). The van der Waals surface area contributed by atoms with E-state index in [-0.39, 0.29) is 11.1 Å². The van der Waals surface area contributed by atoms with Crippen LogP contribution in [0.4, 0.5) is 11.5 Å². The zero-order valence-electron chi connectivity index (χ0n) is 10.1. The molecule has 1 heterocycles. The van der Waals surface area contributed by atoms with Crippen molar-refractivity contribution in [3.63, 3.8) is 0 Å². The lowest BCUT2D eigenvalue weighted by atomic mass is 10.2. The van der Waals surface area contributed by atoms with Crippen LogP contribution >= 0.6 is 23.2 Å². The number of carbonyl (C=O) groups is 1. The third-order valence-corrected chi connectivity index (χ3v) is 2.82. The van der Waals surface area contributed by atoms with E-state index >= 15 is 0 Å². The van der Waals surface area contributed by atoms with Crippen LogP contribution in [0.25, 0.3) is 0 Å². The highest BCUT2D eigenvalue weighted by atomic mass is 35.5. The minimum absolute atomic E-state index is 0.253. The maximum absolute atomic E-state index is 12.1. The smallest absolute Gasteiger partial charge is 0.255 e. The minimum Gasteiger partial charge on any atom is -0.373 e. The van der Waals surface area contributed by atoms with E-state index < -0.39 is 0 Å². The van der Waals surface area contributed by atoms with Crippen LogP contribution in [0.3, 0.4) is 0 Å². The normalized spacial score (nSPS) is 10.1. The van der Waals surface area contributed by atoms with Crippen LogP contribution in [0.2, 0.25) is 10.2 Å². The molecule has 2 N–H and O–H groups in total. The molecule has 0 bridgehead atoms. The first-order chi connectivity index (χ1) is 9.08. The summed E-state index contributed by atoms with van der Waals surface area (Å²) in [6.07, 6.45) is 0. The molecule has 0 saturated carbocycles. The number of hydrogen-bond acceptors (Lipinski definition) is 3. The second kappa shape index (κ2) is 5.91. The van der Waals surface area contributed by atoms with E-state index in [0.29, 0.717) is 22.1 Å². The molecule has 0 unspecified atom stereocenters. The summed E-state index contributed by atoms with van der Waals surface area (Å²) in [5.74, 6) is 0.256. The third-order valence-electron chi connectivity index (χ3n) is 2.39. The van der Waals surface area contributed by atoms with Crippen LogP contribution in [-0.2, 0) is 0 Å². The zero-order valence-corrected chi connectivity index (χ0v) is 11.6. The summed E-state index contributed by atoms with van der Waals surface area (Å²) >= 11 is 11.7. The van der Waals surface area contributed by atoms with Gasteiger partial charge in [-0.05, 0) is 30.3 Å². The van der Waals surface area contributed by atoms with E-state index in [1.165, 1.54) is 6.07 Å². The average molecular weight is 296 g/mol. The number of halogens is 2. The molecule has 0 aliphatic rings. The van der Waals surface area contributed by atoms with Crippen molar-refractivity contribution >= 4 is 40.6 Å². The lowest BCUT2D eigenvalue weighted by Crippen LogP contribution is -2.12. The molecule has 98 valence electrons. The highest BCUT2D eigenvalue weighted by molar-refractivity contribution is 6.31. The van der Waals surface area contributed by atoms with Crippen molar-refractivity contribution in [2.75, 3.05) is 17.7 Å². The van der Waals surface area contributed by atoms with E-state index in [1.54, 1.807) is 37.4 Å². The highest BCUT2D eigenvalue weighted by Crippen LogP contribution is 2.18. The predicted molar refractivity (Wildman–Crippen MR) is 78.2 cm³/mol. The van der Waals surface area contributed by atoms with Crippen molar-refractivity contribution in [1.29, 1.82) is 0 Å². The number of hydrogen-bond donors (Lipinski definition) is 2. The molecule has 0 fully saturated rings. The zero-order chi connectivity index (χ0) is 13.8. The average Bonchev–Trinajstić information content (AvgIpc) is 2.38. The summed E-state index contributed by atoms with van der Waals surface area (Å²) in [6.45, 7) is 0. The molecule has 4 nitrogen and oxygen atoms in total. The van der Waals surface area contributed by atoms with E-state index in [2.05, 4.69) is 15.6 Å². The van der Waals surface area contributed by atoms with Gasteiger partial charge in [0.1, 0.15) is 11.0 Å². The SMILES string of the molecule is CNc1cc(C(=O)Nc2cccc(Cl)c2)cc(Cl)n1. The summed E-state index contributed by atoms with van der Waals surface area (Å²) < 4.78 is 0. The fourth-order valence-electron chi connectivity index (χ4n) is 1.53. The van der Waals surface area contributed by atoms with Crippen molar-refractivity contribution in [2.24, 2.45) is 0 Å². The molecular weight excluding hydrogens is 285 g/mol. The Balaban J connectivity index is 2.22. The number of pyridine rings is 1. The van der Waals surface area contributed by atoms with Gasteiger partial charge in [-0.2, -0.15) is 0 Å². The Kier molecular flexibility index (Phi) is 4.24. The maximum Gasteiger partial charge on any atom is 0.255 e. The topological polar surface area (TPSA) is 54.0 Å². The molecule has 2 rings (SSSR count). The van der Waals surface area contributed by atoms with Gasteiger partial charge in [0.25, 0.3) is 5.91 Å². The van der Waals surface area contributed by atoms with Crippen LogP contribution in [0.15, 0.2) is 36.4 Å². The molecule has 0 spiro atoms. The van der Waals surface area contributed by atoms with E-state index in [1.807, 2.05) is 0 Å². The van der Waals surface area contributed by atoms with Gasteiger partial charge >= 0.3 is 0 Å². The van der Waals surface area contributed by atoms with Crippen molar-refractivity contribution < 1.29 is 4.79 Å².